The van der Waals surface area contributed by atoms with Crippen molar-refractivity contribution in [2.75, 3.05) is 20.8 Å². The molecule has 1 atom stereocenters. The molecule has 1 aliphatic rings. The van der Waals surface area contributed by atoms with E-state index in [1.807, 2.05) is 0 Å². The average molecular weight is 231 g/mol. The van der Waals surface area contributed by atoms with Crippen molar-refractivity contribution in [1.29, 1.82) is 0 Å². The number of nitrogens with zero attached hydrogens (tertiary/aromatic N) is 1. The molecule has 0 aromatic heterocycles. The number of methoxy groups -OCH3 is 2. The van der Waals surface area contributed by atoms with Gasteiger partial charge in [0.15, 0.2) is 0 Å². The molecule has 86 valence electrons. The van der Waals surface area contributed by atoms with Crippen LogP contribution in [0, 0.1) is 0 Å². The molecular weight excluding hydrogens is 214 g/mol. The first kappa shape index (κ1) is 12.2. The van der Waals surface area contributed by atoms with Gasteiger partial charge >= 0.3 is 11.9 Å². The van der Waals surface area contributed by atoms with Crippen LogP contribution in [-0.4, -0.2) is 53.0 Å². The van der Waals surface area contributed by atoms with Crippen LogP contribution < -0.4 is 0 Å². The summed E-state index contributed by atoms with van der Waals surface area (Å²) in [6, 6.07) is 0.783. The van der Waals surface area contributed by atoms with E-state index >= 15 is 0 Å². The molecule has 5 nitrogen and oxygen atoms in total. The highest BCUT2D eigenvalue weighted by Crippen LogP contribution is 2.14. The number of hydrogen-bond donors (Lipinski definition) is 0. The Hall–Kier alpha value is -0.883. The van der Waals surface area contributed by atoms with Crippen LogP contribution in [0.1, 0.15) is 12.8 Å². The lowest BCUT2D eigenvalue weighted by atomic mass is 10.2. The molecule has 1 saturated heterocycles. The lowest BCUT2D eigenvalue weighted by Crippen LogP contribution is -2.43. The molecule has 1 rings (SSSR count). The van der Waals surface area contributed by atoms with Crippen molar-refractivity contribution in [2.24, 2.45) is 0 Å². The second-order valence-corrected chi connectivity index (χ2v) is 5.53. The number of carbonyl (C=O) groups is 2. The summed E-state index contributed by atoms with van der Waals surface area (Å²) in [5, 5.41) is 0. The molecule has 1 fully saturated rings. The number of esters is 2. The monoisotopic (exact) mass is 231 g/mol. The van der Waals surface area contributed by atoms with E-state index in [0.717, 1.165) is 13.0 Å². The maximum absolute atomic E-state index is 11.5. The van der Waals surface area contributed by atoms with E-state index in [4.69, 9.17) is 4.74 Å². The van der Waals surface area contributed by atoms with Crippen LogP contribution >= 0.6 is 0 Å². The third kappa shape index (κ3) is 3.31. The number of ether oxygens (including phenoxy) is 2. The van der Waals surface area contributed by atoms with E-state index in [1.54, 1.807) is 0 Å². The van der Waals surface area contributed by atoms with Gasteiger partial charge in [-0.15, -0.1) is 0 Å². The Labute approximate surface area is 91.6 Å². The zero-order chi connectivity index (χ0) is 11.3. The minimum atomic E-state index is -0.420. The minimum Gasteiger partial charge on any atom is -0.469 e. The number of hydrogen-bond acceptors (Lipinski definition) is 5. The summed E-state index contributed by atoms with van der Waals surface area (Å²) in [5.74, 6) is -0.680. The van der Waals surface area contributed by atoms with Crippen LogP contribution in [0.25, 0.3) is 0 Å². The van der Waals surface area contributed by atoms with Crippen LogP contribution in [0.2, 0.25) is 6.04 Å². The predicted molar refractivity (Wildman–Crippen MR) is 57.1 cm³/mol. The molecule has 0 spiro atoms. The van der Waals surface area contributed by atoms with Gasteiger partial charge in [0.1, 0.15) is 6.04 Å². The molecule has 0 aromatic rings. The lowest BCUT2D eigenvalue weighted by molar-refractivity contribution is -0.151. The molecule has 0 aromatic carbocycles. The Morgan fingerprint density at radius 2 is 2.13 bits per heavy atom. The standard InChI is InChI=1S/C9H17NO4Si/c1-13-8(11)6-7(9(12)14-2)10-4-3-5-15-10/h7H,3-6,15H2,1-2H3. The van der Waals surface area contributed by atoms with Gasteiger partial charge in [-0.3, -0.25) is 9.59 Å². The average Bonchev–Trinajstić information content (AvgIpc) is 2.77. The van der Waals surface area contributed by atoms with E-state index in [0.29, 0.717) is 0 Å². The third-order valence-electron chi connectivity index (χ3n) is 2.64. The number of carbonyl (C=O) groups excluding carboxylic acids is 2. The first-order valence-electron chi connectivity index (χ1n) is 5.07. The molecule has 6 heteroatoms. The maximum atomic E-state index is 11.5. The van der Waals surface area contributed by atoms with Crippen molar-refractivity contribution in [2.45, 2.75) is 24.9 Å². The van der Waals surface area contributed by atoms with Crippen LogP contribution in [-0.2, 0) is 19.1 Å². The van der Waals surface area contributed by atoms with Gasteiger partial charge in [0.2, 0.25) is 0 Å². The topological polar surface area (TPSA) is 55.8 Å². The predicted octanol–water partition coefficient (Wildman–Crippen LogP) is -0.701. The summed E-state index contributed by atoms with van der Waals surface area (Å²) in [4.78, 5) is 22.7. The van der Waals surface area contributed by atoms with Gasteiger partial charge in [-0.1, -0.05) is 0 Å². The second-order valence-electron chi connectivity index (χ2n) is 3.56. The van der Waals surface area contributed by atoms with Gasteiger partial charge in [0.25, 0.3) is 0 Å². The summed E-state index contributed by atoms with van der Waals surface area (Å²) >= 11 is 0. The molecule has 0 amide bonds. The summed E-state index contributed by atoms with van der Waals surface area (Å²) < 4.78 is 11.4. The molecule has 0 bridgehead atoms. The van der Waals surface area contributed by atoms with Crippen LogP contribution in [0.15, 0.2) is 0 Å². The highest BCUT2D eigenvalue weighted by Gasteiger charge is 2.31. The van der Waals surface area contributed by atoms with E-state index in [-0.39, 0.29) is 28.0 Å². The van der Waals surface area contributed by atoms with Gasteiger partial charge in [-0.2, -0.15) is 0 Å². The molecule has 1 unspecified atom stereocenters. The Morgan fingerprint density at radius 3 is 2.60 bits per heavy atom. The number of rotatable bonds is 4. The van der Waals surface area contributed by atoms with Crippen LogP contribution in [0.5, 0.6) is 0 Å². The van der Waals surface area contributed by atoms with Crippen LogP contribution in [0.3, 0.4) is 0 Å². The molecular formula is C9H17NO4Si. The SMILES string of the molecule is COC(=O)CC(C(=O)OC)N1CCC[SiH2]1. The molecule has 15 heavy (non-hydrogen) atoms. The Morgan fingerprint density at radius 1 is 1.40 bits per heavy atom. The largest absolute Gasteiger partial charge is 0.469 e. The quantitative estimate of drug-likeness (QED) is 0.473. The Kier molecular flexibility index (Phi) is 4.77. The smallest absolute Gasteiger partial charge is 0.323 e. The van der Waals surface area contributed by atoms with Crippen molar-refractivity contribution < 1.29 is 19.1 Å². The summed E-state index contributed by atoms with van der Waals surface area (Å²) in [6.07, 6.45) is 1.23. The molecule has 0 aliphatic carbocycles. The second kappa shape index (κ2) is 5.87. The fourth-order valence-corrected chi connectivity index (χ4v) is 3.68. The van der Waals surface area contributed by atoms with E-state index < -0.39 is 6.04 Å². The minimum absolute atomic E-state index is 0.107. The summed E-state index contributed by atoms with van der Waals surface area (Å²) in [5.41, 5.74) is 0. The van der Waals surface area contributed by atoms with Crippen LogP contribution in [0.4, 0.5) is 0 Å². The van der Waals surface area contributed by atoms with E-state index in [2.05, 4.69) is 9.30 Å². The molecule has 0 saturated carbocycles. The first-order chi connectivity index (χ1) is 7.19. The van der Waals surface area contributed by atoms with Crippen molar-refractivity contribution in [3.63, 3.8) is 0 Å². The first-order valence-corrected chi connectivity index (χ1v) is 6.71. The Balaban J connectivity index is 2.59. The third-order valence-corrected chi connectivity index (χ3v) is 4.79. The van der Waals surface area contributed by atoms with Gasteiger partial charge in [-0.25, -0.2) is 0 Å². The van der Waals surface area contributed by atoms with Gasteiger partial charge in [0.05, 0.1) is 30.3 Å². The fraction of sp³-hybridized carbons (Fsp3) is 0.778. The maximum Gasteiger partial charge on any atom is 0.323 e. The normalized spacial score (nSPS) is 20.1. The Bertz CT molecular complexity index is 240. The van der Waals surface area contributed by atoms with Crippen molar-refractivity contribution in [3.8, 4) is 0 Å². The van der Waals surface area contributed by atoms with Gasteiger partial charge in [-0.05, 0) is 19.0 Å². The molecule has 0 N–H and O–H groups in total. The lowest BCUT2D eigenvalue weighted by Gasteiger charge is -2.24. The summed E-state index contributed by atoms with van der Waals surface area (Å²) in [7, 11) is 2.31. The van der Waals surface area contributed by atoms with Crippen molar-refractivity contribution in [1.82, 2.24) is 4.57 Å². The van der Waals surface area contributed by atoms with E-state index in [1.165, 1.54) is 20.3 Å². The van der Waals surface area contributed by atoms with Crippen molar-refractivity contribution >= 4 is 21.6 Å². The van der Waals surface area contributed by atoms with Gasteiger partial charge < -0.3 is 14.0 Å². The zero-order valence-corrected chi connectivity index (χ0v) is 10.6. The highest BCUT2D eigenvalue weighted by molar-refractivity contribution is 6.33. The molecule has 1 heterocycles. The molecule has 1 aliphatic heterocycles. The van der Waals surface area contributed by atoms with Gasteiger partial charge in [0, 0.05) is 0 Å². The molecule has 0 radical (unpaired) electrons. The highest BCUT2D eigenvalue weighted by atomic mass is 28.2. The van der Waals surface area contributed by atoms with Crippen molar-refractivity contribution in [3.05, 3.63) is 0 Å². The zero-order valence-electron chi connectivity index (χ0n) is 9.19. The summed E-state index contributed by atoms with van der Waals surface area (Å²) in [6.45, 7) is 0.906. The van der Waals surface area contributed by atoms with E-state index in [9.17, 15) is 9.59 Å². The fourth-order valence-electron chi connectivity index (χ4n) is 1.79.